The van der Waals surface area contributed by atoms with Crippen LogP contribution in [0.3, 0.4) is 0 Å². The number of hydrogen-bond acceptors (Lipinski definition) is 5. The summed E-state index contributed by atoms with van der Waals surface area (Å²) in [4.78, 5) is 14.1. The third kappa shape index (κ3) is 3.44. The number of aryl methyl sites for hydroxylation is 1. The molecular weight excluding hydrogens is 397 g/mol. The van der Waals surface area contributed by atoms with Crippen LogP contribution in [-0.2, 0) is 7.05 Å². The number of nitrogens with one attached hydrogen (secondary N) is 1. The van der Waals surface area contributed by atoms with Crippen molar-refractivity contribution in [3.8, 4) is 11.4 Å². The van der Waals surface area contributed by atoms with Crippen LogP contribution < -0.4 is 5.32 Å². The van der Waals surface area contributed by atoms with Gasteiger partial charge in [0.15, 0.2) is 5.82 Å². The highest BCUT2D eigenvalue weighted by molar-refractivity contribution is 7.08. The Kier molecular flexibility index (Phi) is 4.72. The predicted molar refractivity (Wildman–Crippen MR) is 118 cm³/mol. The smallest absolute Gasteiger partial charge is 0.162 e. The second kappa shape index (κ2) is 7.68. The van der Waals surface area contributed by atoms with Crippen molar-refractivity contribution < 1.29 is 4.39 Å². The van der Waals surface area contributed by atoms with Crippen LogP contribution in [-0.4, -0.2) is 19.5 Å². The van der Waals surface area contributed by atoms with E-state index in [1.807, 2.05) is 58.9 Å². The van der Waals surface area contributed by atoms with Crippen molar-refractivity contribution in [1.29, 1.82) is 0 Å². The average Bonchev–Trinajstić information content (AvgIpc) is 3.45. The second-order valence-corrected chi connectivity index (χ2v) is 7.73. The van der Waals surface area contributed by atoms with Gasteiger partial charge in [0.05, 0.1) is 5.52 Å². The summed E-state index contributed by atoms with van der Waals surface area (Å²) in [5.41, 5.74) is 2.73. The lowest BCUT2D eigenvalue weighted by molar-refractivity contribution is 0.626. The Balaban J connectivity index is 1.66. The van der Waals surface area contributed by atoms with Gasteiger partial charge in [0.25, 0.3) is 0 Å². The molecule has 0 aliphatic heterocycles. The van der Waals surface area contributed by atoms with Gasteiger partial charge in [-0.25, -0.2) is 19.3 Å². The summed E-state index contributed by atoms with van der Waals surface area (Å²) in [7, 11) is 1.94. The van der Waals surface area contributed by atoms with Gasteiger partial charge in [-0.15, -0.1) is 0 Å². The van der Waals surface area contributed by atoms with E-state index in [1.54, 1.807) is 29.7 Å². The van der Waals surface area contributed by atoms with Crippen molar-refractivity contribution in [2.75, 3.05) is 5.32 Å². The molecule has 5 rings (SSSR count). The number of halogens is 1. The summed E-state index contributed by atoms with van der Waals surface area (Å²) in [6.07, 6.45) is 3.64. The Morgan fingerprint density at radius 3 is 2.60 bits per heavy atom. The number of fused-ring (bicyclic) bond motifs is 1. The van der Waals surface area contributed by atoms with Crippen molar-refractivity contribution in [2.45, 2.75) is 6.04 Å². The summed E-state index contributed by atoms with van der Waals surface area (Å²) in [5, 5.41) is 8.51. The maximum Gasteiger partial charge on any atom is 0.162 e. The van der Waals surface area contributed by atoms with Crippen LogP contribution >= 0.6 is 11.3 Å². The molecule has 0 radical (unpaired) electrons. The summed E-state index contributed by atoms with van der Waals surface area (Å²) in [5.74, 6) is 1.90. The quantitative estimate of drug-likeness (QED) is 0.416. The summed E-state index contributed by atoms with van der Waals surface area (Å²) in [6.45, 7) is 0. The maximum atomic E-state index is 13.6. The molecule has 0 fully saturated rings. The van der Waals surface area contributed by atoms with Gasteiger partial charge < -0.3 is 9.88 Å². The van der Waals surface area contributed by atoms with Gasteiger partial charge in [0.2, 0.25) is 0 Å². The molecular formula is C23H18FN5S. The molecule has 1 N–H and O–H groups in total. The first-order valence-corrected chi connectivity index (χ1v) is 10.4. The molecule has 0 aliphatic rings. The molecule has 30 heavy (non-hydrogen) atoms. The van der Waals surface area contributed by atoms with E-state index >= 15 is 0 Å². The third-order valence-electron chi connectivity index (χ3n) is 4.98. The highest BCUT2D eigenvalue weighted by Crippen LogP contribution is 2.31. The van der Waals surface area contributed by atoms with Crippen LogP contribution in [0.4, 0.5) is 10.2 Å². The SMILES string of the molecule is Cn1ccnc1C(Nc1nc(-c2ccsc2)nc2ccccc12)c1ccc(F)cc1. The van der Waals surface area contributed by atoms with Crippen LogP contribution in [0.15, 0.2) is 77.8 Å². The lowest BCUT2D eigenvalue weighted by Crippen LogP contribution is -2.18. The topological polar surface area (TPSA) is 55.6 Å². The highest BCUT2D eigenvalue weighted by atomic mass is 32.1. The molecule has 7 heteroatoms. The molecule has 0 spiro atoms. The molecule has 0 aliphatic carbocycles. The zero-order chi connectivity index (χ0) is 20.5. The Morgan fingerprint density at radius 1 is 1.03 bits per heavy atom. The molecule has 1 unspecified atom stereocenters. The van der Waals surface area contributed by atoms with E-state index < -0.39 is 0 Å². The van der Waals surface area contributed by atoms with Gasteiger partial charge in [0.1, 0.15) is 23.5 Å². The van der Waals surface area contributed by atoms with Crippen molar-refractivity contribution in [2.24, 2.45) is 7.05 Å². The first-order valence-electron chi connectivity index (χ1n) is 9.47. The van der Waals surface area contributed by atoms with Gasteiger partial charge in [-0.3, -0.25) is 0 Å². The Bertz CT molecular complexity index is 1300. The number of thiophene rings is 1. The molecule has 5 nitrogen and oxygen atoms in total. The molecule has 0 amide bonds. The number of hydrogen-bond donors (Lipinski definition) is 1. The van der Waals surface area contributed by atoms with E-state index in [0.717, 1.165) is 27.9 Å². The molecule has 3 heterocycles. The zero-order valence-corrected chi connectivity index (χ0v) is 17.0. The zero-order valence-electron chi connectivity index (χ0n) is 16.2. The van der Waals surface area contributed by atoms with E-state index in [-0.39, 0.29) is 11.9 Å². The van der Waals surface area contributed by atoms with Gasteiger partial charge in [-0.05, 0) is 41.3 Å². The van der Waals surface area contributed by atoms with Crippen LogP contribution in [0.2, 0.25) is 0 Å². The molecule has 1 atom stereocenters. The van der Waals surface area contributed by atoms with Crippen LogP contribution in [0.5, 0.6) is 0 Å². The fraction of sp³-hybridized carbons (Fsp3) is 0.0870. The van der Waals surface area contributed by atoms with E-state index in [4.69, 9.17) is 9.97 Å². The number of anilines is 1. The third-order valence-corrected chi connectivity index (χ3v) is 5.67. The second-order valence-electron chi connectivity index (χ2n) is 6.95. The number of aromatic nitrogens is 4. The van der Waals surface area contributed by atoms with Crippen LogP contribution in [0, 0.1) is 5.82 Å². The normalized spacial score (nSPS) is 12.2. The van der Waals surface area contributed by atoms with Crippen LogP contribution in [0.25, 0.3) is 22.3 Å². The summed E-state index contributed by atoms with van der Waals surface area (Å²) in [6, 6.07) is 16.1. The van der Waals surface area contributed by atoms with E-state index in [1.165, 1.54) is 12.1 Å². The minimum Gasteiger partial charge on any atom is -0.356 e. The fourth-order valence-electron chi connectivity index (χ4n) is 3.45. The number of benzene rings is 2. The van der Waals surface area contributed by atoms with E-state index in [0.29, 0.717) is 11.6 Å². The monoisotopic (exact) mass is 415 g/mol. The maximum absolute atomic E-state index is 13.6. The standard InChI is InChI=1S/C23H18FN5S/c1-29-12-11-25-23(29)20(15-6-8-17(24)9-7-15)27-22-18-4-2-3-5-19(18)26-21(28-22)16-10-13-30-14-16/h2-14,20H,1H3,(H,26,27,28). The van der Waals surface area contributed by atoms with Gasteiger partial charge in [-0.1, -0.05) is 24.3 Å². The Hall–Kier alpha value is -3.58. The molecule has 3 aromatic heterocycles. The average molecular weight is 415 g/mol. The minimum absolute atomic E-state index is 0.274. The highest BCUT2D eigenvalue weighted by Gasteiger charge is 2.21. The molecule has 0 saturated heterocycles. The molecule has 2 aromatic carbocycles. The summed E-state index contributed by atoms with van der Waals surface area (Å²) >= 11 is 1.61. The predicted octanol–water partition coefficient (Wildman–Crippen LogP) is 5.43. The summed E-state index contributed by atoms with van der Waals surface area (Å²) < 4.78 is 15.5. The van der Waals surface area contributed by atoms with Crippen molar-refractivity contribution in [3.63, 3.8) is 0 Å². The Labute approximate surface area is 176 Å². The van der Waals surface area contributed by atoms with Crippen molar-refractivity contribution >= 4 is 28.1 Å². The largest absolute Gasteiger partial charge is 0.356 e. The van der Waals surface area contributed by atoms with Crippen molar-refractivity contribution in [3.05, 3.63) is 95.0 Å². The molecule has 5 aromatic rings. The number of rotatable bonds is 5. The number of para-hydroxylation sites is 1. The number of nitrogens with zero attached hydrogens (tertiary/aromatic N) is 4. The van der Waals surface area contributed by atoms with E-state index in [9.17, 15) is 4.39 Å². The fourth-order valence-corrected chi connectivity index (χ4v) is 4.09. The van der Waals surface area contributed by atoms with Gasteiger partial charge >= 0.3 is 0 Å². The van der Waals surface area contributed by atoms with Crippen LogP contribution in [0.1, 0.15) is 17.4 Å². The van der Waals surface area contributed by atoms with Crippen molar-refractivity contribution in [1.82, 2.24) is 19.5 Å². The molecule has 0 bridgehead atoms. The number of imidazole rings is 1. The Morgan fingerprint density at radius 2 is 1.87 bits per heavy atom. The first-order chi connectivity index (χ1) is 14.7. The van der Waals surface area contributed by atoms with Gasteiger partial charge in [-0.2, -0.15) is 11.3 Å². The van der Waals surface area contributed by atoms with Gasteiger partial charge in [0, 0.05) is 35.8 Å². The minimum atomic E-state index is -0.306. The van der Waals surface area contributed by atoms with E-state index in [2.05, 4.69) is 10.3 Å². The lowest BCUT2D eigenvalue weighted by Gasteiger charge is -2.21. The first kappa shape index (κ1) is 18.4. The molecule has 0 saturated carbocycles. The molecule has 148 valence electrons. The lowest BCUT2D eigenvalue weighted by atomic mass is 10.1.